The molecule has 0 aliphatic carbocycles. The molecule has 0 amide bonds. The second-order valence-electron chi connectivity index (χ2n) is 3.84. The van der Waals surface area contributed by atoms with Gasteiger partial charge in [0.15, 0.2) is 16.8 Å². The molecule has 0 saturated carbocycles. The van der Waals surface area contributed by atoms with Crippen molar-refractivity contribution in [3.05, 3.63) is 30.1 Å². The first-order valence-corrected chi connectivity index (χ1v) is 6.22. The number of anilines is 1. The lowest BCUT2D eigenvalue weighted by molar-refractivity contribution is 0.602. The zero-order valence-electron chi connectivity index (χ0n) is 9.88. The van der Waals surface area contributed by atoms with Crippen molar-refractivity contribution in [2.45, 2.75) is 6.92 Å². The molecular weight excluding hydrogens is 267 g/mol. The Balaban J connectivity index is 2.17. The molecule has 3 aromatic heterocycles. The number of halogens is 1. The molecule has 3 heterocycles. The number of hydrogen-bond donors (Lipinski definition) is 2. The van der Waals surface area contributed by atoms with Gasteiger partial charge >= 0.3 is 0 Å². The number of aromatic nitrogens is 5. The van der Waals surface area contributed by atoms with Crippen LogP contribution < -0.4 is 5.73 Å². The van der Waals surface area contributed by atoms with Gasteiger partial charge < -0.3 is 5.73 Å². The van der Waals surface area contributed by atoms with Crippen molar-refractivity contribution in [2.24, 2.45) is 0 Å². The van der Waals surface area contributed by atoms with Crippen LogP contribution in [0.3, 0.4) is 0 Å². The molecule has 3 aromatic rings. The number of hydrogen-bond acceptors (Lipinski definition) is 6. The minimum atomic E-state index is -0.439. The van der Waals surface area contributed by atoms with Crippen molar-refractivity contribution >= 4 is 16.5 Å². The molecule has 0 saturated heterocycles. The summed E-state index contributed by atoms with van der Waals surface area (Å²) in [6, 6.07) is 0. The Hall–Kier alpha value is -2.35. The normalized spacial score (nSPS) is 10.8. The zero-order valence-corrected chi connectivity index (χ0v) is 10.7. The van der Waals surface area contributed by atoms with E-state index in [9.17, 15) is 4.39 Å². The SMILES string of the molecule is Cc1nc(-c2sc(N)nc2-c2cn[nH]c2)ncc1F. The number of aryl methyl sites for hydroxylation is 1. The summed E-state index contributed by atoms with van der Waals surface area (Å²) in [5.41, 5.74) is 7.45. The largest absolute Gasteiger partial charge is 0.375 e. The Morgan fingerprint density at radius 3 is 2.84 bits per heavy atom. The lowest BCUT2D eigenvalue weighted by Gasteiger charge is -2.00. The van der Waals surface area contributed by atoms with Crippen LogP contribution in [-0.4, -0.2) is 25.1 Å². The predicted octanol–water partition coefficient (Wildman–Crippen LogP) is 2.02. The summed E-state index contributed by atoms with van der Waals surface area (Å²) in [6.07, 6.45) is 4.48. The third kappa shape index (κ3) is 2.06. The standard InChI is InChI=1S/C11H9FN6S/c1-5-7(12)4-14-10(17-5)9-8(18-11(13)19-9)6-2-15-16-3-6/h2-4H,1H3,(H2,13,18)(H,15,16). The third-order valence-electron chi connectivity index (χ3n) is 2.54. The van der Waals surface area contributed by atoms with Crippen LogP contribution in [0.15, 0.2) is 18.6 Å². The molecule has 8 heteroatoms. The fourth-order valence-corrected chi connectivity index (χ4v) is 2.42. The predicted molar refractivity (Wildman–Crippen MR) is 69.8 cm³/mol. The minimum Gasteiger partial charge on any atom is -0.375 e. The first kappa shape index (κ1) is 11.7. The van der Waals surface area contributed by atoms with Gasteiger partial charge in [-0.25, -0.2) is 19.3 Å². The molecule has 0 spiro atoms. The van der Waals surface area contributed by atoms with Crippen LogP contribution in [0.5, 0.6) is 0 Å². The van der Waals surface area contributed by atoms with Gasteiger partial charge in [-0.2, -0.15) is 5.10 Å². The molecule has 0 radical (unpaired) electrons. The number of nitrogens with zero attached hydrogens (tertiary/aromatic N) is 4. The van der Waals surface area contributed by atoms with Crippen LogP contribution in [0.4, 0.5) is 9.52 Å². The van der Waals surface area contributed by atoms with Gasteiger partial charge in [-0.15, -0.1) is 0 Å². The van der Waals surface area contributed by atoms with Crippen molar-refractivity contribution in [1.29, 1.82) is 0 Å². The van der Waals surface area contributed by atoms with E-state index in [1.807, 2.05) is 0 Å². The number of nitrogen functional groups attached to an aromatic ring is 1. The summed E-state index contributed by atoms with van der Waals surface area (Å²) in [7, 11) is 0. The zero-order chi connectivity index (χ0) is 13.4. The number of aromatic amines is 1. The van der Waals surface area contributed by atoms with Gasteiger partial charge in [0.05, 0.1) is 23.8 Å². The maximum absolute atomic E-state index is 13.2. The number of nitrogens with one attached hydrogen (secondary N) is 1. The molecule has 19 heavy (non-hydrogen) atoms. The monoisotopic (exact) mass is 276 g/mol. The fourth-order valence-electron chi connectivity index (χ4n) is 1.63. The Kier molecular flexibility index (Phi) is 2.71. The van der Waals surface area contributed by atoms with Crippen LogP contribution in [0.2, 0.25) is 0 Å². The fraction of sp³-hybridized carbons (Fsp3) is 0.0909. The van der Waals surface area contributed by atoms with E-state index in [0.29, 0.717) is 21.5 Å². The Bertz CT molecular complexity index is 721. The number of thiazole rings is 1. The van der Waals surface area contributed by atoms with Gasteiger partial charge in [0.2, 0.25) is 0 Å². The molecule has 3 N–H and O–H groups in total. The average molecular weight is 276 g/mol. The molecule has 0 unspecified atom stereocenters. The first-order chi connectivity index (χ1) is 9.15. The molecule has 0 atom stereocenters. The smallest absolute Gasteiger partial charge is 0.181 e. The highest BCUT2D eigenvalue weighted by atomic mass is 32.1. The lowest BCUT2D eigenvalue weighted by atomic mass is 10.2. The van der Waals surface area contributed by atoms with E-state index in [1.165, 1.54) is 11.3 Å². The Labute approximate surface area is 111 Å². The second-order valence-corrected chi connectivity index (χ2v) is 4.87. The maximum atomic E-state index is 13.2. The third-order valence-corrected chi connectivity index (χ3v) is 3.42. The van der Waals surface area contributed by atoms with E-state index in [-0.39, 0.29) is 5.69 Å². The number of H-pyrrole nitrogens is 1. The molecular formula is C11H9FN6S. The van der Waals surface area contributed by atoms with Crippen molar-refractivity contribution in [1.82, 2.24) is 25.1 Å². The highest BCUT2D eigenvalue weighted by molar-refractivity contribution is 7.19. The van der Waals surface area contributed by atoms with Crippen LogP contribution in [0.1, 0.15) is 5.69 Å². The summed E-state index contributed by atoms with van der Waals surface area (Å²) < 4.78 is 13.2. The van der Waals surface area contributed by atoms with Gasteiger partial charge in [0.1, 0.15) is 4.88 Å². The summed E-state index contributed by atoms with van der Waals surface area (Å²) in [4.78, 5) is 13.1. The van der Waals surface area contributed by atoms with Crippen molar-refractivity contribution < 1.29 is 4.39 Å². The summed E-state index contributed by atoms with van der Waals surface area (Å²) in [5.74, 6) is -0.0320. The van der Waals surface area contributed by atoms with Crippen LogP contribution in [-0.2, 0) is 0 Å². The molecule has 0 aliphatic rings. The van der Waals surface area contributed by atoms with Crippen LogP contribution >= 0.6 is 11.3 Å². The van der Waals surface area contributed by atoms with E-state index in [4.69, 9.17) is 5.73 Å². The van der Waals surface area contributed by atoms with Gasteiger partial charge in [-0.1, -0.05) is 11.3 Å². The lowest BCUT2D eigenvalue weighted by Crippen LogP contribution is -1.94. The summed E-state index contributed by atoms with van der Waals surface area (Å²) in [6.45, 7) is 1.59. The Morgan fingerprint density at radius 1 is 1.32 bits per heavy atom. The molecule has 0 aromatic carbocycles. The van der Waals surface area contributed by atoms with E-state index in [1.54, 1.807) is 19.3 Å². The topological polar surface area (TPSA) is 93.4 Å². The Morgan fingerprint density at radius 2 is 2.16 bits per heavy atom. The molecule has 0 aliphatic heterocycles. The van der Waals surface area contributed by atoms with Crippen molar-refractivity contribution in [2.75, 3.05) is 5.73 Å². The highest BCUT2D eigenvalue weighted by Crippen LogP contribution is 2.35. The number of nitrogens with two attached hydrogens (primary N) is 1. The first-order valence-electron chi connectivity index (χ1n) is 5.40. The van der Waals surface area contributed by atoms with Crippen molar-refractivity contribution in [3.63, 3.8) is 0 Å². The van der Waals surface area contributed by atoms with Crippen molar-refractivity contribution in [3.8, 4) is 22.0 Å². The quantitative estimate of drug-likeness (QED) is 0.746. The van der Waals surface area contributed by atoms with E-state index >= 15 is 0 Å². The van der Waals surface area contributed by atoms with Gasteiger partial charge in [0.25, 0.3) is 0 Å². The summed E-state index contributed by atoms with van der Waals surface area (Å²) >= 11 is 1.26. The van der Waals surface area contributed by atoms with E-state index in [2.05, 4.69) is 25.1 Å². The van der Waals surface area contributed by atoms with Gasteiger partial charge in [-0.3, -0.25) is 5.10 Å². The van der Waals surface area contributed by atoms with Crippen LogP contribution in [0.25, 0.3) is 22.0 Å². The average Bonchev–Trinajstić information content (AvgIpc) is 3.01. The van der Waals surface area contributed by atoms with Gasteiger partial charge in [-0.05, 0) is 6.92 Å². The van der Waals surface area contributed by atoms with Crippen LogP contribution in [0, 0.1) is 12.7 Å². The minimum absolute atomic E-state index is 0.287. The second kappa shape index (κ2) is 4.39. The van der Waals surface area contributed by atoms with E-state index in [0.717, 1.165) is 11.8 Å². The molecule has 96 valence electrons. The van der Waals surface area contributed by atoms with Gasteiger partial charge in [0, 0.05) is 11.8 Å². The van der Waals surface area contributed by atoms with E-state index < -0.39 is 5.82 Å². The highest BCUT2D eigenvalue weighted by Gasteiger charge is 2.17. The molecule has 3 rings (SSSR count). The number of rotatable bonds is 2. The molecule has 0 bridgehead atoms. The summed E-state index contributed by atoms with van der Waals surface area (Å²) in [5, 5.41) is 6.98. The maximum Gasteiger partial charge on any atom is 0.181 e. The molecule has 6 nitrogen and oxygen atoms in total. The molecule has 0 fully saturated rings.